The van der Waals surface area contributed by atoms with Crippen molar-refractivity contribution in [2.75, 3.05) is 37.7 Å². The molecule has 0 spiro atoms. The van der Waals surface area contributed by atoms with Gasteiger partial charge in [0.1, 0.15) is 0 Å². The van der Waals surface area contributed by atoms with E-state index in [4.69, 9.17) is 4.74 Å². The number of rotatable bonds is 7. The van der Waals surface area contributed by atoms with Crippen molar-refractivity contribution in [2.45, 2.75) is 32.8 Å². The number of likely N-dealkylation sites (N-methyl/N-ethyl adjacent to an activating group) is 1. The van der Waals surface area contributed by atoms with Gasteiger partial charge in [0.25, 0.3) is 0 Å². The highest BCUT2D eigenvalue weighted by molar-refractivity contribution is 5.47. The molecule has 0 aromatic heterocycles. The van der Waals surface area contributed by atoms with Crippen LogP contribution >= 0.6 is 0 Å². The van der Waals surface area contributed by atoms with Crippen molar-refractivity contribution in [3.8, 4) is 0 Å². The molecule has 0 aliphatic carbocycles. The maximum absolute atomic E-state index is 5.61. The molecular formula is C16H26N2O. The smallest absolute Gasteiger partial charge is 0.0700 e. The molecule has 0 amide bonds. The number of benzene rings is 1. The third kappa shape index (κ3) is 4.51. The van der Waals surface area contributed by atoms with Crippen molar-refractivity contribution in [3.05, 3.63) is 29.8 Å². The van der Waals surface area contributed by atoms with Crippen LogP contribution in [0.25, 0.3) is 0 Å². The number of hydrogen-bond acceptors (Lipinski definition) is 3. The van der Waals surface area contributed by atoms with Gasteiger partial charge in [0.05, 0.1) is 6.10 Å². The van der Waals surface area contributed by atoms with E-state index in [1.165, 1.54) is 24.1 Å². The Morgan fingerprint density at radius 1 is 1.32 bits per heavy atom. The Kier molecular flexibility index (Phi) is 5.67. The van der Waals surface area contributed by atoms with Crippen LogP contribution in [-0.4, -0.2) is 38.9 Å². The van der Waals surface area contributed by atoms with Gasteiger partial charge in [-0.3, -0.25) is 0 Å². The number of aryl methyl sites for hydroxylation is 1. The molecule has 0 saturated carbocycles. The first kappa shape index (κ1) is 14.4. The minimum atomic E-state index is 0.439. The zero-order valence-corrected chi connectivity index (χ0v) is 12.2. The third-order valence-electron chi connectivity index (χ3n) is 3.74. The second-order valence-electron chi connectivity index (χ2n) is 5.25. The first-order valence-electron chi connectivity index (χ1n) is 7.43. The highest BCUT2D eigenvalue weighted by Gasteiger charge is 2.14. The summed E-state index contributed by atoms with van der Waals surface area (Å²) in [6.07, 6.45) is 2.87. The molecule has 3 nitrogen and oxygen atoms in total. The molecular weight excluding hydrogens is 236 g/mol. The van der Waals surface area contributed by atoms with E-state index in [9.17, 15) is 0 Å². The summed E-state index contributed by atoms with van der Waals surface area (Å²) in [5.41, 5.74) is 2.63. The molecule has 1 unspecified atom stereocenters. The van der Waals surface area contributed by atoms with E-state index in [0.717, 1.165) is 32.8 Å². The van der Waals surface area contributed by atoms with E-state index < -0.39 is 0 Å². The minimum Gasteiger partial charge on any atom is -0.377 e. The summed E-state index contributed by atoms with van der Waals surface area (Å²) >= 11 is 0. The molecule has 0 radical (unpaired) electrons. The van der Waals surface area contributed by atoms with E-state index in [2.05, 4.69) is 48.3 Å². The van der Waals surface area contributed by atoms with E-state index >= 15 is 0 Å². The average Bonchev–Trinajstić information content (AvgIpc) is 2.93. The van der Waals surface area contributed by atoms with Gasteiger partial charge in [-0.2, -0.15) is 0 Å². The second-order valence-corrected chi connectivity index (χ2v) is 5.25. The molecule has 1 fully saturated rings. The Morgan fingerprint density at radius 3 is 2.74 bits per heavy atom. The van der Waals surface area contributed by atoms with E-state index in [0.29, 0.717) is 6.10 Å². The molecule has 3 heteroatoms. The number of nitrogens with zero attached hydrogens (tertiary/aromatic N) is 1. The van der Waals surface area contributed by atoms with Gasteiger partial charge in [0.15, 0.2) is 0 Å². The lowest BCUT2D eigenvalue weighted by Crippen LogP contribution is -2.35. The second kappa shape index (κ2) is 7.51. The summed E-state index contributed by atoms with van der Waals surface area (Å²) in [4.78, 5) is 2.40. The summed E-state index contributed by atoms with van der Waals surface area (Å²) in [5, 5.41) is 3.51. The normalized spacial score (nSPS) is 18.7. The number of nitrogens with one attached hydrogen (secondary N) is 1. The third-order valence-corrected chi connectivity index (χ3v) is 3.74. The van der Waals surface area contributed by atoms with Crippen LogP contribution in [0.5, 0.6) is 0 Å². The molecule has 1 N–H and O–H groups in total. The van der Waals surface area contributed by atoms with Crippen LogP contribution in [0.1, 0.15) is 25.3 Å². The van der Waals surface area contributed by atoms with Crippen molar-refractivity contribution >= 4 is 5.69 Å². The van der Waals surface area contributed by atoms with Crippen LogP contribution in [0.4, 0.5) is 5.69 Å². The van der Waals surface area contributed by atoms with Gasteiger partial charge in [0.2, 0.25) is 0 Å². The van der Waals surface area contributed by atoms with Crippen molar-refractivity contribution in [1.82, 2.24) is 5.32 Å². The SMILES string of the molecule is CCN(CCNCC1CCCO1)c1ccc(C)cc1. The van der Waals surface area contributed by atoms with Gasteiger partial charge in [-0.1, -0.05) is 17.7 Å². The van der Waals surface area contributed by atoms with Crippen LogP contribution in [0.2, 0.25) is 0 Å². The summed E-state index contributed by atoms with van der Waals surface area (Å²) in [6, 6.07) is 8.77. The Hall–Kier alpha value is -1.06. The Labute approximate surface area is 116 Å². The quantitative estimate of drug-likeness (QED) is 0.764. The summed E-state index contributed by atoms with van der Waals surface area (Å²) in [7, 11) is 0. The van der Waals surface area contributed by atoms with Gasteiger partial charge in [-0.15, -0.1) is 0 Å². The standard InChI is InChI=1S/C16H26N2O/c1-3-18(15-8-6-14(2)7-9-15)11-10-17-13-16-5-4-12-19-16/h6-9,16-17H,3-5,10-13H2,1-2H3. The summed E-state index contributed by atoms with van der Waals surface area (Å²) < 4.78 is 5.61. The Morgan fingerprint density at radius 2 is 2.11 bits per heavy atom. The largest absolute Gasteiger partial charge is 0.377 e. The molecule has 106 valence electrons. The van der Waals surface area contributed by atoms with Crippen molar-refractivity contribution in [2.24, 2.45) is 0 Å². The molecule has 1 aromatic rings. The van der Waals surface area contributed by atoms with Gasteiger partial charge >= 0.3 is 0 Å². The molecule has 1 aliphatic rings. The Bertz CT molecular complexity index is 358. The van der Waals surface area contributed by atoms with Crippen molar-refractivity contribution < 1.29 is 4.74 Å². The van der Waals surface area contributed by atoms with Crippen molar-refractivity contribution in [3.63, 3.8) is 0 Å². The lowest BCUT2D eigenvalue weighted by atomic mass is 10.2. The predicted octanol–water partition coefficient (Wildman–Crippen LogP) is 2.59. The van der Waals surface area contributed by atoms with Crippen LogP contribution in [-0.2, 0) is 4.74 Å². The number of hydrogen-bond donors (Lipinski definition) is 1. The maximum atomic E-state index is 5.61. The maximum Gasteiger partial charge on any atom is 0.0700 e. The lowest BCUT2D eigenvalue weighted by Gasteiger charge is -2.24. The van der Waals surface area contributed by atoms with E-state index in [1.54, 1.807) is 0 Å². The molecule has 1 saturated heterocycles. The molecule has 1 heterocycles. The Balaban J connectivity index is 1.71. The van der Waals surface area contributed by atoms with Gasteiger partial charge in [0, 0.05) is 38.5 Å². The molecule has 1 aliphatic heterocycles. The molecule has 0 bridgehead atoms. The summed E-state index contributed by atoms with van der Waals surface area (Å²) in [5.74, 6) is 0. The molecule has 2 rings (SSSR count). The summed E-state index contributed by atoms with van der Waals surface area (Å²) in [6.45, 7) is 9.38. The first-order chi connectivity index (χ1) is 9.29. The van der Waals surface area contributed by atoms with Crippen LogP contribution in [0, 0.1) is 6.92 Å². The van der Waals surface area contributed by atoms with Gasteiger partial charge < -0.3 is 15.0 Å². The van der Waals surface area contributed by atoms with Gasteiger partial charge in [-0.25, -0.2) is 0 Å². The fraction of sp³-hybridized carbons (Fsp3) is 0.625. The lowest BCUT2D eigenvalue weighted by molar-refractivity contribution is 0.110. The predicted molar refractivity (Wildman–Crippen MR) is 80.9 cm³/mol. The average molecular weight is 262 g/mol. The zero-order chi connectivity index (χ0) is 13.5. The zero-order valence-electron chi connectivity index (χ0n) is 12.2. The highest BCUT2D eigenvalue weighted by atomic mass is 16.5. The van der Waals surface area contributed by atoms with Crippen LogP contribution < -0.4 is 10.2 Å². The van der Waals surface area contributed by atoms with E-state index in [1.807, 2.05) is 0 Å². The fourth-order valence-electron chi connectivity index (χ4n) is 2.51. The van der Waals surface area contributed by atoms with E-state index in [-0.39, 0.29) is 0 Å². The van der Waals surface area contributed by atoms with Crippen LogP contribution in [0.3, 0.4) is 0 Å². The molecule has 19 heavy (non-hydrogen) atoms. The highest BCUT2D eigenvalue weighted by Crippen LogP contribution is 2.14. The first-order valence-corrected chi connectivity index (χ1v) is 7.43. The topological polar surface area (TPSA) is 24.5 Å². The monoisotopic (exact) mass is 262 g/mol. The number of anilines is 1. The minimum absolute atomic E-state index is 0.439. The fourth-order valence-corrected chi connectivity index (χ4v) is 2.51. The van der Waals surface area contributed by atoms with Crippen molar-refractivity contribution in [1.29, 1.82) is 0 Å². The van der Waals surface area contributed by atoms with Crippen LogP contribution in [0.15, 0.2) is 24.3 Å². The number of ether oxygens (including phenoxy) is 1. The molecule has 1 aromatic carbocycles. The molecule has 1 atom stereocenters. The van der Waals surface area contributed by atoms with Gasteiger partial charge in [-0.05, 0) is 38.8 Å².